The Kier molecular flexibility index (Phi) is 39.5. The first-order chi connectivity index (χ1) is 40.4. The van der Waals surface area contributed by atoms with Crippen molar-refractivity contribution in [1.29, 1.82) is 0 Å². The predicted octanol–water partition coefficient (Wildman–Crippen LogP) is -8.37. The molecule has 0 aromatic heterocycles. The van der Waals surface area contributed by atoms with Crippen molar-refractivity contribution >= 4 is 17.7 Å². The van der Waals surface area contributed by atoms with Crippen molar-refractivity contribution in [1.82, 2.24) is 16.0 Å². The van der Waals surface area contributed by atoms with E-state index in [0.717, 1.165) is 6.08 Å². The summed E-state index contributed by atoms with van der Waals surface area (Å²) < 4.78 is 82.3. The van der Waals surface area contributed by atoms with Gasteiger partial charge < -0.3 is 148 Å². The molecular formula is C51H93N3O30. The average Bonchev–Trinajstić information content (AvgIpc) is 3.79. The lowest BCUT2D eigenvalue weighted by Gasteiger charge is -2.39. The molecule has 0 saturated carbocycles. The van der Waals surface area contributed by atoms with Gasteiger partial charge in [0.15, 0.2) is 18.7 Å². The third kappa shape index (κ3) is 30.1. The second kappa shape index (κ2) is 44.2. The number of carbonyl (C=O) groups is 3. The van der Waals surface area contributed by atoms with E-state index in [1.807, 2.05) is 6.92 Å². The molecule has 0 aliphatic carbocycles. The summed E-state index contributed by atoms with van der Waals surface area (Å²) in [4.78, 5) is 37.5. The van der Waals surface area contributed by atoms with Crippen molar-refractivity contribution in [3.05, 3.63) is 12.0 Å². The largest absolute Gasteiger partial charge is 0.463 e. The summed E-state index contributed by atoms with van der Waals surface area (Å²) >= 11 is 0. The minimum atomic E-state index is -1.56. The van der Waals surface area contributed by atoms with Crippen molar-refractivity contribution in [2.24, 2.45) is 5.41 Å². The molecule has 14 atom stereocenters. The molecule has 2 saturated heterocycles. The van der Waals surface area contributed by atoms with Crippen LogP contribution in [-0.2, 0) is 85.4 Å². The number of aliphatic hydroxyl groups excluding tert-OH is 12. The zero-order chi connectivity index (χ0) is 61.5. The van der Waals surface area contributed by atoms with Crippen LogP contribution in [0.2, 0.25) is 0 Å². The lowest BCUT2D eigenvalue weighted by Crippen LogP contribution is -2.59. The Morgan fingerprint density at radius 1 is 0.417 bits per heavy atom. The summed E-state index contributed by atoms with van der Waals surface area (Å²) in [7, 11) is 0. The second-order valence-corrected chi connectivity index (χ2v) is 19.7. The molecule has 3 aliphatic heterocycles. The highest BCUT2D eigenvalue weighted by atomic mass is 16.7. The fourth-order valence-corrected chi connectivity index (χ4v) is 7.80. The second-order valence-electron chi connectivity index (χ2n) is 19.7. The van der Waals surface area contributed by atoms with Gasteiger partial charge in [-0.25, -0.2) is 0 Å². The van der Waals surface area contributed by atoms with E-state index >= 15 is 0 Å². The van der Waals surface area contributed by atoms with E-state index in [1.165, 1.54) is 0 Å². The first kappa shape index (κ1) is 75.0. The van der Waals surface area contributed by atoms with E-state index in [0.29, 0.717) is 0 Å². The minimum Gasteiger partial charge on any atom is -0.463 e. The molecule has 84 heavy (non-hydrogen) atoms. The van der Waals surface area contributed by atoms with E-state index in [1.54, 1.807) is 0 Å². The molecule has 3 heterocycles. The number of aliphatic hydroxyl groups is 12. The normalized spacial score (nSPS) is 27.9. The van der Waals surface area contributed by atoms with Gasteiger partial charge in [-0.3, -0.25) is 14.4 Å². The molecule has 492 valence electrons. The zero-order valence-electron chi connectivity index (χ0n) is 47.6. The summed E-state index contributed by atoms with van der Waals surface area (Å²) in [6.45, 7) is 3.36. The lowest BCUT2D eigenvalue weighted by molar-refractivity contribution is -0.302. The van der Waals surface area contributed by atoms with Crippen LogP contribution in [0.25, 0.3) is 0 Å². The summed E-state index contributed by atoms with van der Waals surface area (Å²) in [5.41, 5.74) is -0.756. The van der Waals surface area contributed by atoms with Crippen molar-refractivity contribution < 1.29 is 147 Å². The zero-order valence-corrected chi connectivity index (χ0v) is 47.6. The quantitative estimate of drug-likeness (QED) is 0.0252. The Morgan fingerprint density at radius 3 is 1.12 bits per heavy atom. The SMILES string of the molecule is CC(COCCC(=O)NCCOCCOCCOC1=CC(O)C(O)[C@@H](O)C(CO)O1)(COCCC(=O)NCCOCCOCCO[C@H]1OC(CO)[C@@H](O)C(O)C1O)COCCC(=O)NCCOCCOCCO[C@H]1OC(CO)[C@@H](O)C(O)C1O. The summed E-state index contributed by atoms with van der Waals surface area (Å²) in [5, 5.41) is 126. The monoisotopic (exact) mass is 1230 g/mol. The van der Waals surface area contributed by atoms with E-state index in [-0.39, 0.29) is 201 Å². The van der Waals surface area contributed by atoms with Crippen LogP contribution in [0, 0.1) is 5.41 Å². The third-order valence-electron chi connectivity index (χ3n) is 12.6. The van der Waals surface area contributed by atoms with Crippen LogP contribution in [0.3, 0.4) is 0 Å². The van der Waals surface area contributed by atoms with Gasteiger partial charge in [0, 0.05) is 50.4 Å². The first-order valence-electron chi connectivity index (χ1n) is 28.0. The Balaban J connectivity index is 1.27. The number of ether oxygens (including phenoxy) is 15. The van der Waals surface area contributed by atoms with E-state index in [9.17, 15) is 75.7 Å². The molecular weight excluding hydrogens is 1130 g/mol. The van der Waals surface area contributed by atoms with Crippen molar-refractivity contribution in [2.75, 3.05) is 178 Å². The van der Waals surface area contributed by atoms with Crippen molar-refractivity contribution in [3.8, 4) is 0 Å². The fourth-order valence-electron chi connectivity index (χ4n) is 7.80. The molecule has 0 radical (unpaired) electrons. The molecule has 9 unspecified atom stereocenters. The Labute approximate surface area is 487 Å². The number of hydrogen-bond donors (Lipinski definition) is 15. The molecule has 3 amide bonds. The maximum absolute atomic E-state index is 12.5. The molecule has 0 aromatic rings. The van der Waals surface area contributed by atoms with E-state index < -0.39 is 111 Å². The lowest BCUT2D eigenvalue weighted by atomic mass is 9.94. The number of hydrogen-bond acceptors (Lipinski definition) is 30. The highest BCUT2D eigenvalue weighted by Gasteiger charge is 2.45. The van der Waals surface area contributed by atoms with Gasteiger partial charge in [-0.05, 0) is 0 Å². The number of rotatable bonds is 48. The highest BCUT2D eigenvalue weighted by molar-refractivity contribution is 5.76. The molecule has 33 heteroatoms. The van der Waals surface area contributed by atoms with Gasteiger partial charge in [0.1, 0.15) is 73.8 Å². The average molecular weight is 1230 g/mol. The van der Waals surface area contributed by atoms with Crippen LogP contribution in [0.1, 0.15) is 26.2 Å². The van der Waals surface area contributed by atoms with E-state index in [4.69, 9.17) is 71.1 Å². The van der Waals surface area contributed by atoms with Gasteiger partial charge in [0.2, 0.25) is 17.7 Å². The van der Waals surface area contributed by atoms with Gasteiger partial charge in [0.05, 0.1) is 152 Å². The first-order valence-corrected chi connectivity index (χ1v) is 28.0. The van der Waals surface area contributed by atoms with Gasteiger partial charge in [-0.1, -0.05) is 6.92 Å². The maximum atomic E-state index is 12.5. The van der Waals surface area contributed by atoms with Crippen LogP contribution in [0.5, 0.6) is 0 Å². The summed E-state index contributed by atoms with van der Waals surface area (Å²) in [6, 6.07) is 0. The molecule has 33 nitrogen and oxygen atoms in total. The Morgan fingerprint density at radius 2 is 0.750 bits per heavy atom. The predicted molar refractivity (Wildman–Crippen MR) is 282 cm³/mol. The third-order valence-corrected chi connectivity index (χ3v) is 12.6. The maximum Gasteiger partial charge on any atom is 0.278 e. The summed E-state index contributed by atoms with van der Waals surface area (Å²) in [6.07, 6.45) is -18.3. The smallest absolute Gasteiger partial charge is 0.278 e. The Hall–Kier alpha value is -3.25. The van der Waals surface area contributed by atoms with Crippen molar-refractivity contribution in [2.45, 2.75) is 112 Å². The van der Waals surface area contributed by atoms with Gasteiger partial charge >= 0.3 is 0 Å². The van der Waals surface area contributed by atoms with Crippen LogP contribution in [-0.4, -0.2) is 343 Å². The number of carbonyl (C=O) groups excluding carboxylic acids is 3. The topological polar surface area (TPSA) is 469 Å². The highest BCUT2D eigenvalue weighted by Crippen LogP contribution is 2.24. The summed E-state index contributed by atoms with van der Waals surface area (Å²) in [5.74, 6) is -1.02. The number of nitrogens with one attached hydrogen (secondary N) is 3. The Bertz CT molecular complexity index is 1690. The van der Waals surface area contributed by atoms with Crippen LogP contribution in [0.15, 0.2) is 12.0 Å². The molecule has 3 aliphatic rings. The molecule has 0 bridgehead atoms. The minimum absolute atomic E-state index is 0.00329. The van der Waals surface area contributed by atoms with Crippen molar-refractivity contribution in [3.63, 3.8) is 0 Å². The van der Waals surface area contributed by atoms with Crippen LogP contribution in [0.4, 0.5) is 0 Å². The van der Waals surface area contributed by atoms with Gasteiger partial charge in [-0.2, -0.15) is 0 Å². The fraction of sp³-hybridized carbons (Fsp3) is 0.902. The molecule has 2 fully saturated rings. The number of amides is 3. The molecule has 15 N–H and O–H groups in total. The molecule has 0 aromatic carbocycles. The van der Waals surface area contributed by atoms with E-state index in [2.05, 4.69) is 16.0 Å². The molecule has 0 spiro atoms. The molecule has 3 rings (SSSR count). The standard InChI is InChI=1S/C51H93N3O30/c1-51(31-77-9-3-38(60)53-6-12-71-15-18-74-21-24-80-49-47(68)45(66)43(64)35(28-56)83-49,32-78-10-4-39(61)54-7-13-72-16-19-75-22-25-81-50-48(69)46(67)44(65)36(29-57)84-50)30-76-8-2-37(59)52-5-11-70-14-17-73-20-23-79-40-26-33(58)41(62)42(63)34(27-55)82-40/h26,33-36,41-50,55-58,62-69H,2-25,27-32H2,1H3,(H,52,59)(H,53,60)(H,54,61)/t33?,34?,35?,36?,41?,42-,43+,44+,45?,46?,47?,48?,49-,50-,51?/m0/s1. The van der Waals surface area contributed by atoms with Crippen LogP contribution >= 0.6 is 0 Å². The van der Waals surface area contributed by atoms with Gasteiger partial charge in [0.25, 0.3) is 5.95 Å². The van der Waals surface area contributed by atoms with Crippen LogP contribution < -0.4 is 16.0 Å². The van der Waals surface area contributed by atoms with Gasteiger partial charge in [-0.15, -0.1) is 0 Å².